The van der Waals surface area contributed by atoms with E-state index in [-0.39, 0.29) is 47.7 Å². The van der Waals surface area contributed by atoms with E-state index in [1.165, 1.54) is 23.6 Å². The summed E-state index contributed by atoms with van der Waals surface area (Å²) in [4.78, 5) is 51.7. The number of halogens is 1. The predicted molar refractivity (Wildman–Crippen MR) is 151 cm³/mol. The van der Waals surface area contributed by atoms with Gasteiger partial charge in [0.1, 0.15) is 5.15 Å². The van der Waals surface area contributed by atoms with Crippen LogP contribution in [0.15, 0.2) is 18.3 Å². The van der Waals surface area contributed by atoms with Gasteiger partial charge in [-0.05, 0) is 42.7 Å². The summed E-state index contributed by atoms with van der Waals surface area (Å²) in [7, 11) is 0. The van der Waals surface area contributed by atoms with Crippen molar-refractivity contribution < 1.29 is 24.6 Å². The Morgan fingerprint density at radius 1 is 1.20 bits per heavy atom. The summed E-state index contributed by atoms with van der Waals surface area (Å²) in [6, 6.07) is 3.06. The van der Waals surface area contributed by atoms with Gasteiger partial charge < -0.3 is 20.0 Å². The number of thiazole rings is 1. The lowest BCUT2D eigenvalue weighted by molar-refractivity contribution is -0.149. The van der Waals surface area contributed by atoms with Crippen LogP contribution in [0, 0.1) is 16.7 Å². The Balaban J connectivity index is 1.46. The average Bonchev–Trinajstić information content (AvgIpc) is 3.34. The SMILES string of the molecule is CC(=O)N1CCN(C(=O)CC2c3nc(NC(=O)c4ccnc(Cl)c4)sc3CC3C(C)(CO)C(O)CCC23C)CC1. The molecule has 0 bridgehead atoms. The van der Waals surface area contributed by atoms with E-state index < -0.39 is 16.9 Å². The number of carbonyl (C=O) groups excluding carboxylic acids is 3. The van der Waals surface area contributed by atoms with Gasteiger partial charge in [-0.25, -0.2) is 9.97 Å². The van der Waals surface area contributed by atoms with E-state index in [4.69, 9.17) is 16.6 Å². The Kier molecular flexibility index (Phi) is 7.95. The molecule has 3 aliphatic rings. The lowest BCUT2D eigenvalue weighted by Crippen LogP contribution is -2.58. The fourth-order valence-corrected chi connectivity index (χ4v) is 8.22. The van der Waals surface area contributed by atoms with Crippen LogP contribution in [-0.4, -0.2) is 86.6 Å². The predicted octanol–water partition coefficient (Wildman–Crippen LogP) is 2.94. The van der Waals surface area contributed by atoms with E-state index in [1.54, 1.807) is 17.9 Å². The zero-order valence-electron chi connectivity index (χ0n) is 23.0. The summed E-state index contributed by atoms with van der Waals surface area (Å²) in [6.45, 7) is 7.46. The average molecular weight is 590 g/mol. The zero-order chi connectivity index (χ0) is 28.8. The Hall–Kier alpha value is -2.60. The first-order valence-corrected chi connectivity index (χ1v) is 14.9. The van der Waals surface area contributed by atoms with Crippen LogP contribution < -0.4 is 5.32 Å². The van der Waals surface area contributed by atoms with E-state index in [0.29, 0.717) is 56.1 Å². The topological polar surface area (TPSA) is 136 Å². The number of pyridine rings is 1. The molecule has 5 unspecified atom stereocenters. The third-order valence-corrected chi connectivity index (χ3v) is 10.8. The number of amides is 3. The molecule has 3 heterocycles. The number of hydrogen-bond acceptors (Lipinski definition) is 8. The summed E-state index contributed by atoms with van der Waals surface area (Å²) in [5, 5.41) is 25.0. The Bertz CT molecular complexity index is 1310. The second-order valence-electron chi connectivity index (χ2n) is 11.8. The number of piperazine rings is 1. The Labute approximate surface area is 242 Å². The van der Waals surface area contributed by atoms with Crippen LogP contribution in [0.1, 0.15) is 66.9 Å². The van der Waals surface area contributed by atoms with Crippen LogP contribution in [0.3, 0.4) is 0 Å². The number of nitrogens with one attached hydrogen (secondary N) is 1. The first-order chi connectivity index (χ1) is 19.0. The minimum Gasteiger partial charge on any atom is -0.396 e. The van der Waals surface area contributed by atoms with E-state index in [2.05, 4.69) is 17.2 Å². The molecule has 1 aliphatic heterocycles. The summed E-state index contributed by atoms with van der Waals surface area (Å²) in [5.41, 5.74) is 0.0369. The van der Waals surface area contributed by atoms with E-state index >= 15 is 0 Å². The highest BCUT2D eigenvalue weighted by Gasteiger charge is 2.59. The molecule has 0 radical (unpaired) electrons. The lowest BCUT2D eigenvalue weighted by atomic mass is 9.47. The summed E-state index contributed by atoms with van der Waals surface area (Å²) in [6.07, 6.45) is 2.85. The summed E-state index contributed by atoms with van der Waals surface area (Å²) in [5.74, 6) is -0.685. The van der Waals surface area contributed by atoms with Crippen molar-refractivity contribution in [2.24, 2.45) is 16.7 Å². The minimum atomic E-state index is -0.736. The number of hydrogen-bond donors (Lipinski definition) is 3. The van der Waals surface area contributed by atoms with Gasteiger partial charge in [0.15, 0.2) is 5.13 Å². The largest absolute Gasteiger partial charge is 0.396 e. The quantitative estimate of drug-likeness (QED) is 0.456. The molecule has 2 aromatic rings. The fraction of sp³-hybridized carbons (Fsp3) is 0.607. The molecule has 0 spiro atoms. The first kappa shape index (κ1) is 28.9. The molecule has 2 aromatic heterocycles. The molecule has 40 heavy (non-hydrogen) atoms. The second kappa shape index (κ2) is 11.0. The van der Waals surface area contributed by atoms with Crippen LogP contribution in [0.4, 0.5) is 5.13 Å². The van der Waals surface area contributed by atoms with Gasteiger partial charge in [-0.3, -0.25) is 19.7 Å². The molecule has 1 saturated carbocycles. The Morgan fingerprint density at radius 2 is 1.90 bits per heavy atom. The number of rotatable bonds is 5. The monoisotopic (exact) mass is 589 g/mol. The number of anilines is 1. The van der Waals surface area contributed by atoms with Crippen LogP contribution in [-0.2, 0) is 16.0 Å². The van der Waals surface area contributed by atoms with Crippen molar-refractivity contribution in [1.82, 2.24) is 19.8 Å². The molecule has 216 valence electrons. The molecule has 2 fully saturated rings. The van der Waals surface area contributed by atoms with Crippen molar-refractivity contribution in [3.63, 3.8) is 0 Å². The summed E-state index contributed by atoms with van der Waals surface area (Å²) >= 11 is 7.34. The number of nitrogens with zero attached hydrogens (tertiary/aromatic N) is 4. The number of aromatic nitrogens is 2. The molecule has 12 heteroatoms. The van der Waals surface area contributed by atoms with Crippen molar-refractivity contribution in [3.05, 3.63) is 39.6 Å². The van der Waals surface area contributed by atoms with Gasteiger partial charge in [0.2, 0.25) is 11.8 Å². The maximum Gasteiger partial charge on any atom is 0.257 e. The van der Waals surface area contributed by atoms with Crippen LogP contribution in [0.2, 0.25) is 5.15 Å². The molecule has 1 saturated heterocycles. The molecule has 10 nitrogen and oxygen atoms in total. The third kappa shape index (κ3) is 5.13. The van der Waals surface area contributed by atoms with Gasteiger partial charge in [0.05, 0.1) is 18.4 Å². The van der Waals surface area contributed by atoms with Gasteiger partial charge in [0, 0.05) is 67.5 Å². The fourth-order valence-electron chi connectivity index (χ4n) is 6.99. The third-order valence-electron chi connectivity index (χ3n) is 9.56. The first-order valence-electron chi connectivity index (χ1n) is 13.7. The van der Waals surface area contributed by atoms with Gasteiger partial charge in [0.25, 0.3) is 5.91 Å². The van der Waals surface area contributed by atoms with Gasteiger partial charge in [-0.1, -0.05) is 25.4 Å². The van der Waals surface area contributed by atoms with Crippen LogP contribution in [0.25, 0.3) is 0 Å². The van der Waals surface area contributed by atoms with Gasteiger partial charge in [-0.15, -0.1) is 11.3 Å². The van der Waals surface area contributed by atoms with Crippen LogP contribution >= 0.6 is 22.9 Å². The maximum absolute atomic E-state index is 13.7. The maximum atomic E-state index is 13.7. The number of carbonyl (C=O) groups is 3. The van der Waals surface area contributed by atoms with Gasteiger partial charge >= 0.3 is 0 Å². The molecule has 3 N–H and O–H groups in total. The van der Waals surface area contributed by atoms with Crippen molar-refractivity contribution in [3.8, 4) is 0 Å². The number of aliphatic hydroxyl groups is 2. The van der Waals surface area contributed by atoms with Crippen molar-refractivity contribution >= 4 is 45.8 Å². The highest BCUT2D eigenvalue weighted by molar-refractivity contribution is 7.15. The van der Waals surface area contributed by atoms with Crippen molar-refractivity contribution in [1.29, 1.82) is 0 Å². The smallest absolute Gasteiger partial charge is 0.257 e. The lowest BCUT2D eigenvalue weighted by Gasteiger charge is -2.58. The highest BCUT2D eigenvalue weighted by Crippen LogP contribution is 2.63. The van der Waals surface area contributed by atoms with Crippen molar-refractivity contribution in [2.75, 3.05) is 38.1 Å². The second-order valence-corrected chi connectivity index (χ2v) is 13.2. The minimum absolute atomic E-state index is 0.00265. The molecule has 2 aliphatic carbocycles. The number of aliphatic hydroxyl groups excluding tert-OH is 2. The highest BCUT2D eigenvalue weighted by atomic mass is 35.5. The standard InChI is InChI=1S/C28H36ClN5O5S/c1-16(36)33-8-10-34(11-9-33)23(38)13-18-24-19(14-20-27(18,2)6-4-21(37)28(20,3)15-35)40-26(31-24)32-25(39)17-5-7-30-22(29)12-17/h5,7,12,18,20-21,35,37H,4,6,8-11,13-15H2,1-3H3,(H,31,32,39). The normalized spacial score (nSPS) is 29.9. The van der Waals surface area contributed by atoms with E-state index in [0.717, 1.165) is 10.6 Å². The molecule has 0 aromatic carbocycles. The molecular formula is C28H36ClN5O5S. The zero-order valence-corrected chi connectivity index (χ0v) is 24.6. The summed E-state index contributed by atoms with van der Waals surface area (Å²) < 4.78 is 0. The molecular weight excluding hydrogens is 554 g/mol. The number of fused-ring (bicyclic) bond motifs is 2. The van der Waals surface area contributed by atoms with Crippen molar-refractivity contribution in [2.45, 2.75) is 58.5 Å². The molecule has 5 rings (SSSR count). The van der Waals surface area contributed by atoms with Crippen LogP contribution in [0.5, 0.6) is 0 Å². The molecule has 5 atom stereocenters. The molecule has 3 amide bonds. The Morgan fingerprint density at radius 3 is 2.55 bits per heavy atom. The van der Waals surface area contributed by atoms with E-state index in [1.807, 2.05) is 11.8 Å². The van der Waals surface area contributed by atoms with Gasteiger partial charge in [-0.2, -0.15) is 0 Å². The van der Waals surface area contributed by atoms with E-state index in [9.17, 15) is 24.6 Å².